The smallest absolute Gasteiger partial charge is 0.311 e. The first kappa shape index (κ1) is 31.5. The van der Waals surface area contributed by atoms with E-state index in [1.165, 1.54) is 7.11 Å². The number of piperidine rings is 1. The molecule has 4 aliphatic rings. The lowest BCUT2D eigenvalue weighted by Crippen LogP contribution is -2.58. The molecule has 3 heterocycles. The van der Waals surface area contributed by atoms with E-state index in [0.717, 1.165) is 66.7 Å². The fourth-order valence-electron chi connectivity index (χ4n) is 8.83. The highest BCUT2D eigenvalue weighted by molar-refractivity contribution is 6.31. The zero-order chi connectivity index (χ0) is 32.2. The molecular formula is C37H40Cl2N2O5. The molecule has 1 amide bonds. The molecule has 3 aromatic carbocycles. The van der Waals surface area contributed by atoms with Gasteiger partial charge in [-0.3, -0.25) is 14.5 Å². The quantitative estimate of drug-likeness (QED) is 0.255. The molecule has 7 nitrogen and oxygen atoms in total. The maximum absolute atomic E-state index is 14.8. The monoisotopic (exact) mass is 662 g/mol. The molecular weight excluding hydrogens is 623 g/mol. The maximum Gasteiger partial charge on any atom is 0.311 e. The predicted molar refractivity (Wildman–Crippen MR) is 178 cm³/mol. The van der Waals surface area contributed by atoms with Crippen molar-refractivity contribution in [3.8, 4) is 5.75 Å². The van der Waals surface area contributed by atoms with Crippen LogP contribution in [0.4, 0.5) is 5.69 Å². The summed E-state index contributed by atoms with van der Waals surface area (Å²) >= 11 is 13.2. The topological polar surface area (TPSA) is 68.3 Å². The number of amides is 1. The van der Waals surface area contributed by atoms with Crippen LogP contribution in [0.2, 0.25) is 10.0 Å². The molecule has 3 fully saturated rings. The maximum atomic E-state index is 14.8. The predicted octanol–water partition coefficient (Wildman–Crippen LogP) is 6.97. The number of carbonyl (C=O) groups is 2. The first-order valence-electron chi connectivity index (χ1n) is 16.2. The molecule has 46 heavy (non-hydrogen) atoms. The summed E-state index contributed by atoms with van der Waals surface area (Å²) in [7, 11) is 3.07. The van der Waals surface area contributed by atoms with Gasteiger partial charge in [-0.1, -0.05) is 59.6 Å². The Labute approximate surface area is 280 Å². The molecule has 3 aromatic rings. The Bertz CT molecular complexity index is 1660. The minimum Gasteiger partial charge on any atom is -0.497 e. The van der Waals surface area contributed by atoms with Crippen LogP contribution in [0.5, 0.6) is 5.75 Å². The number of benzene rings is 3. The SMILES string of the molecule is COC(=O)[C@@H]1[C@H]2C[C@@H]3N(CC[C@@]34C(=O)N(Cc3ccc(C)cc3Cl)c3ccccc34)C[C@@H]2CC[C@@H]1OCc1ccc(OC)cc1Cl. The second-order valence-corrected chi connectivity index (χ2v) is 14.1. The lowest BCUT2D eigenvalue weighted by atomic mass is 9.62. The number of aryl methyl sites for hydroxylation is 1. The zero-order valence-electron chi connectivity index (χ0n) is 26.5. The molecule has 6 atom stereocenters. The van der Waals surface area contributed by atoms with E-state index in [1.54, 1.807) is 13.2 Å². The highest BCUT2D eigenvalue weighted by atomic mass is 35.5. The van der Waals surface area contributed by atoms with Gasteiger partial charge >= 0.3 is 5.97 Å². The molecule has 3 aliphatic heterocycles. The van der Waals surface area contributed by atoms with Crippen LogP contribution >= 0.6 is 23.2 Å². The Morgan fingerprint density at radius 3 is 2.54 bits per heavy atom. The number of rotatable bonds is 7. The number of halogens is 2. The van der Waals surface area contributed by atoms with Gasteiger partial charge in [0.1, 0.15) is 5.75 Å². The van der Waals surface area contributed by atoms with Gasteiger partial charge in [0.25, 0.3) is 0 Å². The number of anilines is 1. The standard InChI is InChI=1S/C37H40Cl2N2O5/c1-22-8-9-24(29(38)16-22)20-41-31-7-5-4-6-28(31)37(36(41)43)14-15-40-19-23-11-13-32(34(35(42)45-3)27(23)18-33(37)40)46-21-25-10-12-26(44-2)17-30(25)39/h4-10,12,16-17,23,27,32-34H,11,13-15,18-21H2,1-3H3/t23-,27-,32-,33-,34+,37-/m0/s1. The summed E-state index contributed by atoms with van der Waals surface area (Å²) in [6.45, 7) is 4.44. The summed E-state index contributed by atoms with van der Waals surface area (Å²) in [5.41, 5.74) is 4.23. The molecule has 0 aromatic heterocycles. The average molecular weight is 664 g/mol. The summed E-state index contributed by atoms with van der Waals surface area (Å²) in [6.07, 6.45) is 2.90. The highest BCUT2D eigenvalue weighted by Gasteiger charge is 2.63. The summed E-state index contributed by atoms with van der Waals surface area (Å²) in [5.74, 6) is 0.513. The first-order valence-corrected chi connectivity index (χ1v) is 16.9. The zero-order valence-corrected chi connectivity index (χ0v) is 28.0. The van der Waals surface area contributed by atoms with Crippen LogP contribution < -0.4 is 9.64 Å². The van der Waals surface area contributed by atoms with Gasteiger partial charge in [-0.15, -0.1) is 0 Å². The number of carbonyl (C=O) groups excluding carboxylic acids is 2. The summed E-state index contributed by atoms with van der Waals surface area (Å²) < 4.78 is 17.2. The van der Waals surface area contributed by atoms with Gasteiger partial charge in [-0.25, -0.2) is 0 Å². The van der Waals surface area contributed by atoms with Crippen molar-refractivity contribution in [1.29, 1.82) is 0 Å². The molecule has 1 saturated carbocycles. The van der Waals surface area contributed by atoms with E-state index in [-0.39, 0.29) is 29.9 Å². The van der Waals surface area contributed by atoms with Crippen molar-refractivity contribution in [3.63, 3.8) is 0 Å². The van der Waals surface area contributed by atoms with Crippen LogP contribution in [-0.4, -0.2) is 56.2 Å². The van der Waals surface area contributed by atoms with Gasteiger partial charge in [0.15, 0.2) is 0 Å². The molecule has 242 valence electrons. The molecule has 1 aliphatic carbocycles. The molecule has 0 radical (unpaired) electrons. The lowest BCUT2D eigenvalue weighted by molar-refractivity contribution is -0.165. The number of para-hydroxylation sites is 1. The number of nitrogens with zero attached hydrogens (tertiary/aromatic N) is 2. The molecule has 2 saturated heterocycles. The number of hydrogen-bond acceptors (Lipinski definition) is 6. The number of methoxy groups -OCH3 is 2. The van der Waals surface area contributed by atoms with Gasteiger partial charge in [-0.05, 0) is 97.5 Å². The fraction of sp³-hybridized carbons (Fsp3) is 0.459. The normalized spacial score (nSPS) is 28.6. The molecule has 9 heteroatoms. The largest absolute Gasteiger partial charge is 0.497 e. The third-order valence-electron chi connectivity index (χ3n) is 11.1. The highest BCUT2D eigenvalue weighted by Crippen LogP contribution is 2.56. The Balaban J connectivity index is 1.18. The number of fused-ring (bicyclic) bond motifs is 5. The number of esters is 1. The van der Waals surface area contributed by atoms with E-state index in [4.69, 9.17) is 37.4 Å². The van der Waals surface area contributed by atoms with Crippen molar-refractivity contribution >= 4 is 40.8 Å². The first-order chi connectivity index (χ1) is 22.2. The Kier molecular flexibility index (Phi) is 8.55. The van der Waals surface area contributed by atoms with Crippen molar-refractivity contribution in [1.82, 2.24) is 4.90 Å². The number of ether oxygens (including phenoxy) is 3. The summed E-state index contributed by atoms with van der Waals surface area (Å²) in [5, 5.41) is 1.24. The van der Waals surface area contributed by atoms with Crippen molar-refractivity contribution in [3.05, 3.63) is 93.0 Å². The fourth-order valence-corrected chi connectivity index (χ4v) is 9.35. The lowest BCUT2D eigenvalue weighted by Gasteiger charge is -2.50. The Morgan fingerprint density at radius 1 is 1.00 bits per heavy atom. The molecule has 0 bridgehead atoms. The molecule has 0 N–H and O–H groups in total. The van der Waals surface area contributed by atoms with E-state index >= 15 is 0 Å². The van der Waals surface area contributed by atoms with Crippen LogP contribution in [0, 0.1) is 24.7 Å². The molecule has 1 spiro atoms. The molecule has 7 rings (SSSR count). The van der Waals surface area contributed by atoms with Gasteiger partial charge in [0, 0.05) is 28.3 Å². The minimum absolute atomic E-state index is 0.0252. The van der Waals surface area contributed by atoms with Crippen molar-refractivity contribution in [2.45, 2.75) is 63.3 Å². The Morgan fingerprint density at radius 2 is 1.78 bits per heavy atom. The second kappa shape index (κ2) is 12.5. The molecule has 0 unspecified atom stereocenters. The van der Waals surface area contributed by atoms with E-state index in [0.29, 0.717) is 34.9 Å². The van der Waals surface area contributed by atoms with Crippen molar-refractivity contribution in [2.75, 3.05) is 32.2 Å². The van der Waals surface area contributed by atoms with E-state index < -0.39 is 11.3 Å². The van der Waals surface area contributed by atoms with Crippen molar-refractivity contribution in [2.24, 2.45) is 17.8 Å². The second-order valence-electron chi connectivity index (χ2n) is 13.3. The Hall–Kier alpha value is -3.10. The van der Waals surface area contributed by atoms with Crippen LogP contribution in [0.1, 0.15) is 47.9 Å². The van der Waals surface area contributed by atoms with Crippen molar-refractivity contribution < 1.29 is 23.8 Å². The van der Waals surface area contributed by atoms with E-state index in [2.05, 4.69) is 17.0 Å². The average Bonchev–Trinajstić information content (AvgIpc) is 3.55. The van der Waals surface area contributed by atoms with Crippen LogP contribution in [0.15, 0.2) is 60.7 Å². The number of hydrogen-bond donors (Lipinski definition) is 0. The van der Waals surface area contributed by atoms with Gasteiger partial charge in [0.2, 0.25) is 5.91 Å². The third kappa shape index (κ3) is 5.20. The van der Waals surface area contributed by atoms with E-state index in [9.17, 15) is 9.59 Å². The van der Waals surface area contributed by atoms with Gasteiger partial charge in [-0.2, -0.15) is 0 Å². The van der Waals surface area contributed by atoms with Crippen LogP contribution in [-0.2, 0) is 37.6 Å². The summed E-state index contributed by atoms with van der Waals surface area (Å²) in [4.78, 5) is 32.8. The minimum atomic E-state index is -0.677. The van der Waals surface area contributed by atoms with Crippen LogP contribution in [0.3, 0.4) is 0 Å². The summed E-state index contributed by atoms with van der Waals surface area (Å²) in [6, 6.07) is 19.8. The van der Waals surface area contributed by atoms with Crippen LogP contribution in [0.25, 0.3) is 0 Å². The van der Waals surface area contributed by atoms with Gasteiger partial charge < -0.3 is 19.1 Å². The third-order valence-corrected chi connectivity index (χ3v) is 11.8. The van der Waals surface area contributed by atoms with E-state index in [1.807, 2.05) is 54.3 Å². The van der Waals surface area contributed by atoms with Gasteiger partial charge in [0.05, 0.1) is 44.8 Å².